The monoisotopic (exact) mass is 284 g/mol. The molecule has 3 nitrogen and oxygen atoms in total. The molecular weight excluding hydrogens is 271 g/mol. The SMILES string of the molecule is CC(Cc1ccco1)Nc1c(Cl)cc(N)cc1Cl. The van der Waals surface area contributed by atoms with Gasteiger partial charge in [-0.15, -0.1) is 0 Å². The first kappa shape index (κ1) is 13.1. The second kappa shape index (κ2) is 5.55. The lowest BCUT2D eigenvalue weighted by Crippen LogP contribution is -2.18. The summed E-state index contributed by atoms with van der Waals surface area (Å²) in [6.45, 7) is 2.03. The van der Waals surface area contributed by atoms with Crippen molar-refractivity contribution >= 4 is 34.6 Å². The average molecular weight is 285 g/mol. The number of halogens is 2. The van der Waals surface area contributed by atoms with E-state index in [0.717, 1.165) is 12.2 Å². The number of anilines is 2. The first-order valence-electron chi connectivity index (χ1n) is 5.59. The zero-order valence-corrected chi connectivity index (χ0v) is 11.4. The van der Waals surface area contributed by atoms with Crippen LogP contribution < -0.4 is 11.1 Å². The van der Waals surface area contributed by atoms with Crippen LogP contribution in [0.2, 0.25) is 10.0 Å². The van der Waals surface area contributed by atoms with Crippen LogP contribution in [0.25, 0.3) is 0 Å². The minimum Gasteiger partial charge on any atom is -0.469 e. The molecule has 0 saturated carbocycles. The van der Waals surface area contributed by atoms with Gasteiger partial charge in [-0.3, -0.25) is 0 Å². The average Bonchev–Trinajstić information content (AvgIpc) is 2.76. The van der Waals surface area contributed by atoms with Gasteiger partial charge in [-0.05, 0) is 31.2 Å². The van der Waals surface area contributed by atoms with Crippen molar-refractivity contribution in [1.29, 1.82) is 0 Å². The molecule has 0 aliphatic heterocycles. The fraction of sp³-hybridized carbons (Fsp3) is 0.231. The zero-order valence-electron chi connectivity index (χ0n) is 9.91. The van der Waals surface area contributed by atoms with E-state index >= 15 is 0 Å². The molecule has 18 heavy (non-hydrogen) atoms. The van der Waals surface area contributed by atoms with Gasteiger partial charge in [-0.1, -0.05) is 23.2 Å². The minimum atomic E-state index is 0.148. The molecule has 0 aliphatic carbocycles. The summed E-state index contributed by atoms with van der Waals surface area (Å²) in [5.74, 6) is 0.915. The number of hydrogen-bond acceptors (Lipinski definition) is 3. The predicted molar refractivity (Wildman–Crippen MR) is 76.4 cm³/mol. The van der Waals surface area contributed by atoms with E-state index in [1.165, 1.54) is 0 Å². The Bertz CT molecular complexity index is 503. The first-order valence-corrected chi connectivity index (χ1v) is 6.35. The minimum absolute atomic E-state index is 0.148. The number of nitrogens with two attached hydrogens (primary N) is 1. The number of hydrogen-bond donors (Lipinski definition) is 2. The molecule has 2 rings (SSSR count). The van der Waals surface area contributed by atoms with Crippen molar-refractivity contribution < 1.29 is 4.42 Å². The lowest BCUT2D eigenvalue weighted by atomic mass is 10.2. The third kappa shape index (κ3) is 3.12. The van der Waals surface area contributed by atoms with Crippen molar-refractivity contribution in [3.8, 4) is 0 Å². The molecule has 96 valence electrons. The molecule has 1 unspecified atom stereocenters. The van der Waals surface area contributed by atoms with E-state index in [1.54, 1.807) is 18.4 Å². The summed E-state index contributed by atoms with van der Waals surface area (Å²) in [5, 5.41) is 4.30. The second-order valence-electron chi connectivity index (χ2n) is 4.19. The summed E-state index contributed by atoms with van der Waals surface area (Å²) in [6, 6.07) is 7.30. The van der Waals surface area contributed by atoms with E-state index in [2.05, 4.69) is 5.32 Å². The highest BCUT2D eigenvalue weighted by molar-refractivity contribution is 6.39. The standard InChI is InChI=1S/C13H14Cl2N2O/c1-8(5-10-3-2-4-18-10)17-13-11(14)6-9(16)7-12(13)15/h2-4,6-8,17H,5,16H2,1H3. The van der Waals surface area contributed by atoms with Crippen molar-refractivity contribution in [1.82, 2.24) is 0 Å². The molecule has 0 amide bonds. The largest absolute Gasteiger partial charge is 0.469 e. The maximum Gasteiger partial charge on any atom is 0.105 e. The van der Waals surface area contributed by atoms with Gasteiger partial charge in [0.1, 0.15) is 5.76 Å². The Hall–Kier alpha value is -1.32. The topological polar surface area (TPSA) is 51.2 Å². The van der Waals surface area contributed by atoms with Crippen LogP contribution in [0.15, 0.2) is 34.9 Å². The molecule has 0 bridgehead atoms. The van der Waals surface area contributed by atoms with Crippen LogP contribution in [-0.2, 0) is 6.42 Å². The molecule has 1 aromatic heterocycles. The van der Waals surface area contributed by atoms with E-state index in [0.29, 0.717) is 21.4 Å². The molecule has 2 aromatic rings. The third-order valence-corrected chi connectivity index (χ3v) is 3.14. The maximum atomic E-state index is 6.11. The van der Waals surface area contributed by atoms with Crippen molar-refractivity contribution in [2.75, 3.05) is 11.1 Å². The van der Waals surface area contributed by atoms with Crippen LogP contribution in [-0.4, -0.2) is 6.04 Å². The molecule has 1 aromatic carbocycles. The summed E-state index contributed by atoms with van der Waals surface area (Å²) in [4.78, 5) is 0. The Morgan fingerprint density at radius 1 is 1.33 bits per heavy atom. The molecule has 0 spiro atoms. The molecule has 1 atom stereocenters. The third-order valence-electron chi connectivity index (χ3n) is 2.54. The highest BCUT2D eigenvalue weighted by Crippen LogP contribution is 2.33. The summed E-state index contributed by atoms with van der Waals surface area (Å²) in [6.07, 6.45) is 2.41. The summed E-state index contributed by atoms with van der Waals surface area (Å²) >= 11 is 12.2. The fourth-order valence-corrected chi connectivity index (χ4v) is 2.37. The Morgan fingerprint density at radius 3 is 2.56 bits per heavy atom. The molecule has 0 fully saturated rings. The highest BCUT2D eigenvalue weighted by atomic mass is 35.5. The van der Waals surface area contributed by atoms with Crippen LogP contribution in [0.3, 0.4) is 0 Å². The fourth-order valence-electron chi connectivity index (χ4n) is 1.76. The Balaban J connectivity index is 2.09. The highest BCUT2D eigenvalue weighted by Gasteiger charge is 2.11. The second-order valence-corrected chi connectivity index (χ2v) is 5.00. The number of benzene rings is 1. The maximum absolute atomic E-state index is 6.11. The normalized spacial score (nSPS) is 12.4. The van der Waals surface area contributed by atoms with Gasteiger partial charge in [0, 0.05) is 18.2 Å². The molecule has 1 heterocycles. The summed E-state index contributed by atoms with van der Waals surface area (Å²) in [5.41, 5.74) is 6.91. The Morgan fingerprint density at radius 2 is 2.00 bits per heavy atom. The lowest BCUT2D eigenvalue weighted by Gasteiger charge is -2.17. The number of furan rings is 1. The quantitative estimate of drug-likeness (QED) is 0.827. The van der Waals surface area contributed by atoms with Crippen molar-refractivity contribution in [3.05, 3.63) is 46.3 Å². The zero-order chi connectivity index (χ0) is 13.1. The van der Waals surface area contributed by atoms with E-state index < -0.39 is 0 Å². The Kier molecular flexibility index (Phi) is 4.04. The van der Waals surface area contributed by atoms with Crippen molar-refractivity contribution in [3.63, 3.8) is 0 Å². The van der Waals surface area contributed by atoms with Gasteiger partial charge in [0.05, 0.1) is 22.0 Å². The molecule has 0 saturated heterocycles. The van der Waals surface area contributed by atoms with Crippen LogP contribution in [0.4, 0.5) is 11.4 Å². The van der Waals surface area contributed by atoms with Gasteiger partial charge >= 0.3 is 0 Å². The number of nitrogen functional groups attached to an aromatic ring is 1. The lowest BCUT2D eigenvalue weighted by molar-refractivity contribution is 0.498. The van der Waals surface area contributed by atoms with E-state index in [1.807, 2.05) is 19.1 Å². The van der Waals surface area contributed by atoms with E-state index in [9.17, 15) is 0 Å². The van der Waals surface area contributed by atoms with Crippen LogP contribution in [0.5, 0.6) is 0 Å². The van der Waals surface area contributed by atoms with Gasteiger partial charge < -0.3 is 15.5 Å². The van der Waals surface area contributed by atoms with E-state index in [-0.39, 0.29) is 6.04 Å². The predicted octanol–water partition coefficient (Wildman–Crippen LogP) is 4.21. The molecule has 5 heteroatoms. The molecular formula is C13H14Cl2N2O. The molecule has 0 radical (unpaired) electrons. The smallest absolute Gasteiger partial charge is 0.105 e. The van der Waals surface area contributed by atoms with Crippen LogP contribution in [0, 0.1) is 0 Å². The number of nitrogens with one attached hydrogen (secondary N) is 1. The van der Waals surface area contributed by atoms with Crippen LogP contribution in [0.1, 0.15) is 12.7 Å². The first-order chi connectivity index (χ1) is 8.56. The molecule has 3 N–H and O–H groups in total. The van der Waals surface area contributed by atoms with Gasteiger partial charge in [0.2, 0.25) is 0 Å². The Labute approximate surface area is 116 Å². The van der Waals surface area contributed by atoms with Gasteiger partial charge in [-0.2, -0.15) is 0 Å². The van der Waals surface area contributed by atoms with E-state index in [4.69, 9.17) is 33.4 Å². The number of rotatable bonds is 4. The summed E-state index contributed by atoms with van der Waals surface area (Å²) < 4.78 is 5.30. The van der Waals surface area contributed by atoms with Gasteiger partial charge in [0.15, 0.2) is 0 Å². The summed E-state index contributed by atoms with van der Waals surface area (Å²) in [7, 11) is 0. The van der Waals surface area contributed by atoms with Gasteiger partial charge in [-0.25, -0.2) is 0 Å². The van der Waals surface area contributed by atoms with Crippen LogP contribution >= 0.6 is 23.2 Å². The van der Waals surface area contributed by atoms with Crippen molar-refractivity contribution in [2.45, 2.75) is 19.4 Å². The molecule has 0 aliphatic rings. The van der Waals surface area contributed by atoms with Crippen molar-refractivity contribution in [2.24, 2.45) is 0 Å². The van der Waals surface area contributed by atoms with Gasteiger partial charge in [0.25, 0.3) is 0 Å².